The number of alkyl halides is 3. The number of nitrogens with zero attached hydrogens (tertiary/aromatic N) is 1. The zero-order valence-electron chi connectivity index (χ0n) is 11.1. The zero-order chi connectivity index (χ0) is 14.8. The molecule has 0 aliphatic carbocycles. The van der Waals surface area contributed by atoms with Crippen LogP contribution >= 0.6 is 0 Å². The average Bonchev–Trinajstić information content (AvgIpc) is 2.37. The SMILES string of the molecule is NC1CC(CCO)CN(c2cccc(C(F)(F)F)c2)C1. The van der Waals surface area contributed by atoms with Crippen LogP contribution in [0.2, 0.25) is 0 Å². The van der Waals surface area contributed by atoms with Crippen molar-refractivity contribution in [2.24, 2.45) is 11.7 Å². The van der Waals surface area contributed by atoms with Crippen molar-refractivity contribution in [1.29, 1.82) is 0 Å². The molecule has 1 aliphatic rings. The largest absolute Gasteiger partial charge is 0.416 e. The van der Waals surface area contributed by atoms with Crippen molar-refractivity contribution in [3.05, 3.63) is 29.8 Å². The van der Waals surface area contributed by atoms with E-state index < -0.39 is 11.7 Å². The maximum Gasteiger partial charge on any atom is 0.416 e. The van der Waals surface area contributed by atoms with Gasteiger partial charge in [-0.25, -0.2) is 0 Å². The minimum Gasteiger partial charge on any atom is -0.396 e. The maximum absolute atomic E-state index is 12.7. The van der Waals surface area contributed by atoms with Crippen molar-refractivity contribution < 1.29 is 18.3 Å². The highest BCUT2D eigenvalue weighted by molar-refractivity contribution is 5.50. The van der Waals surface area contributed by atoms with E-state index in [4.69, 9.17) is 10.8 Å². The number of aliphatic hydroxyl groups excluding tert-OH is 1. The number of hydrogen-bond donors (Lipinski definition) is 2. The minimum absolute atomic E-state index is 0.0742. The van der Waals surface area contributed by atoms with Gasteiger partial charge in [0.1, 0.15) is 0 Å². The van der Waals surface area contributed by atoms with E-state index in [-0.39, 0.29) is 18.6 Å². The van der Waals surface area contributed by atoms with Crippen LogP contribution in [0, 0.1) is 5.92 Å². The molecule has 6 heteroatoms. The van der Waals surface area contributed by atoms with Gasteiger partial charge in [0, 0.05) is 31.4 Å². The normalized spacial score (nSPS) is 23.9. The van der Waals surface area contributed by atoms with Gasteiger partial charge in [-0.1, -0.05) is 6.07 Å². The summed E-state index contributed by atoms with van der Waals surface area (Å²) in [5.74, 6) is 0.221. The third-order valence-electron chi connectivity index (χ3n) is 3.65. The van der Waals surface area contributed by atoms with Gasteiger partial charge in [0.15, 0.2) is 0 Å². The Hall–Kier alpha value is -1.27. The van der Waals surface area contributed by atoms with Gasteiger partial charge >= 0.3 is 6.18 Å². The number of halogens is 3. The maximum atomic E-state index is 12.7. The number of piperidine rings is 1. The molecule has 1 saturated heterocycles. The molecule has 112 valence electrons. The van der Waals surface area contributed by atoms with Crippen molar-refractivity contribution in [3.63, 3.8) is 0 Å². The van der Waals surface area contributed by atoms with Gasteiger partial charge < -0.3 is 15.7 Å². The van der Waals surface area contributed by atoms with E-state index in [1.807, 2.05) is 4.90 Å². The van der Waals surface area contributed by atoms with Crippen molar-refractivity contribution >= 4 is 5.69 Å². The molecule has 1 aromatic carbocycles. The Balaban J connectivity index is 2.18. The summed E-state index contributed by atoms with van der Waals surface area (Å²) in [5, 5.41) is 9.00. The van der Waals surface area contributed by atoms with Gasteiger partial charge in [0.2, 0.25) is 0 Å². The van der Waals surface area contributed by atoms with Crippen molar-refractivity contribution in [2.45, 2.75) is 25.1 Å². The van der Waals surface area contributed by atoms with Crippen LogP contribution in [0.25, 0.3) is 0 Å². The second kappa shape index (κ2) is 6.01. The number of nitrogens with two attached hydrogens (primary N) is 1. The Morgan fingerprint density at radius 2 is 2.05 bits per heavy atom. The fourth-order valence-corrected chi connectivity index (χ4v) is 2.73. The molecule has 2 atom stereocenters. The molecule has 0 saturated carbocycles. The third kappa shape index (κ3) is 3.64. The number of anilines is 1. The molecular formula is C14H19F3N2O. The molecule has 1 aromatic rings. The number of hydrogen-bond acceptors (Lipinski definition) is 3. The zero-order valence-corrected chi connectivity index (χ0v) is 11.1. The summed E-state index contributed by atoms with van der Waals surface area (Å²) in [6.45, 7) is 1.26. The molecular weight excluding hydrogens is 269 g/mol. The van der Waals surface area contributed by atoms with Crippen LogP contribution in [-0.4, -0.2) is 30.8 Å². The van der Waals surface area contributed by atoms with Gasteiger partial charge in [-0.05, 0) is 37.0 Å². The van der Waals surface area contributed by atoms with E-state index in [0.29, 0.717) is 25.2 Å². The standard InChI is InChI=1S/C14H19F3N2O/c15-14(16,17)11-2-1-3-13(7-11)19-8-10(4-5-20)6-12(18)9-19/h1-3,7,10,12,20H,4-6,8-9,18H2. The second-order valence-corrected chi connectivity index (χ2v) is 5.33. The highest BCUT2D eigenvalue weighted by atomic mass is 19.4. The summed E-state index contributed by atoms with van der Waals surface area (Å²) in [6, 6.07) is 5.24. The first-order chi connectivity index (χ1) is 9.40. The van der Waals surface area contributed by atoms with E-state index in [1.54, 1.807) is 6.07 Å². The molecule has 0 radical (unpaired) electrons. The summed E-state index contributed by atoms with van der Waals surface area (Å²) in [5.41, 5.74) is 5.86. The molecule has 0 bridgehead atoms. The van der Waals surface area contributed by atoms with Gasteiger partial charge in [-0.2, -0.15) is 13.2 Å². The van der Waals surface area contributed by atoms with Crippen molar-refractivity contribution in [3.8, 4) is 0 Å². The van der Waals surface area contributed by atoms with Crippen LogP contribution in [0.3, 0.4) is 0 Å². The Morgan fingerprint density at radius 3 is 2.70 bits per heavy atom. The summed E-state index contributed by atoms with van der Waals surface area (Å²) < 4.78 is 38.2. The van der Waals surface area contributed by atoms with Gasteiger partial charge in [0.05, 0.1) is 5.56 Å². The summed E-state index contributed by atoms with van der Waals surface area (Å²) >= 11 is 0. The predicted molar refractivity (Wildman–Crippen MR) is 71.4 cm³/mol. The first-order valence-corrected chi connectivity index (χ1v) is 6.69. The summed E-state index contributed by atoms with van der Waals surface area (Å²) in [6.07, 6.45) is -2.91. The van der Waals surface area contributed by atoms with E-state index in [2.05, 4.69) is 0 Å². The fourth-order valence-electron chi connectivity index (χ4n) is 2.73. The number of rotatable bonds is 3. The van der Waals surface area contributed by atoms with E-state index >= 15 is 0 Å². The van der Waals surface area contributed by atoms with Crippen molar-refractivity contribution in [2.75, 3.05) is 24.6 Å². The molecule has 0 aromatic heterocycles. The fraction of sp³-hybridized carbons (Fsp3) is 0.571. The minimum atomic E-state index is -4.33. The molecule has 3 nitrogen and oxygen atoms in total. The van der Waals surface area contributed by atoms with E-state index in [0.717, 1.165) is 18.6 Å². The Labute approximate surface area is 116 Å². The first-order valence-electron chi connectivity index (χ1n) is 6.69. The van der Waals surface area contributed by atoms with Crippen LogP contribution in [0.15, 0.2) is 24.3 Å². The predicted octanol–water partition coefficient (Wildman–Crippen LogP) is 2.24. The quantitative estimate of drug-likeness (QED) is 0.897. The van der Waals surface area contributed by atoms with E-state index in [9.17, 15) is 13.2 Å². The monoisotopic (exact) mass is 288 g/mol. The lowest BCUT2D eigenvalue weighted by molar-refractivity contribution is -0.137. The molecule has 0 spiro atoms. The Kier molecular flexibility index (Phi) is 4.55. The van der Waals surface area contributed by atoms with Crippen LogP contribution in [-0.2, 0) is 6.18 Å². The average molecular weight is 288 g/mol. The molecule has 1 aliphatic heterocycles. The topological polar surface area (TPSA) is 49.5 Å². The molecule has 2 rings (SSSR count). The van der Waals surface area contributed by atoms with Gasteiger partial charge in [0.25, 0.3) is 0 Å². The molecule has 1 fully saturated rings. The number of aliphatic hydroxyl groups is 1. The first kappa shape index (κ1) is 15.1. The van der Waals surface area contributed by atoms with Gasteiger partial charge in [-0.15, -0.1) is 0 Å². The Morgan fingerprint density at radius 1 is 1.30 bits per heavy atom. The molecule has 0 amide bonds. The summed E-state index contributed by atoms with van der Waals surface area (Å²) in [7, 11) is 0. The summed E-state index contributed by atoms with van der Waals surface area (Å²) in [4.78, 5) is 1.88. The lowest BCUT2D eigenvalue weighted by Crippen LogP contribution is -2.47. The van der Waals surface area contributed by atoms with Crippen molar-refractivity contribution in [1.82, 2.24) is 0 Å². The molecule has 1 heterocycles. The second-order valence-electron chi connectivity index (χ2n) is 5.33. The smallest absolute Gasteiger partial charge is 0.396 e. The van der Waals surface area contributed by atoms with Crippen LogP contribution < -0.4 is 10.6 Å². The number of benzene rings is 1. The van der Waals surface area contributed by atoms with Crippen LogP contribution in [0.5, 0.6) is 0 Å². The Bertz CT molecular complexity index is 450. The molecule has 2 unspecified atom stereocenters. The molecule has 20 heavy (non-hydrogen) atoms. The highest BCUT2D eigenvalue weighted by Gasteiger charge is 2.31. The highest BCUT2D eigenvalue weighted by Crippen LogP contribution is 2.33. The van der Waals surface area contributed by atoms with Crippen LogP contribution in [0.1, 0.15) is 18.4 Å². The lowest BCUT2D eigenvalue weighted by Gasteiger charge is -2.38. The van der Waals surface area contributed by atoms with Gasteiger partial charge in [-0.3, -0.25) is 0 Å². The van der Waals surface area contributed by atoms with E-state index in [1.165, 1.54) is 6.07 Å². The molecule has 3 N–H and O–H groups in total. The van der Waals surface area contributed by atoms with Crippen LogP contribution in [0.4, 0.5) is 18.9 Å². The lowest BCUT2D eigenvalue weighted by atomic mass is 9.91. The third-order valence-corrected chi connectivity index (χ3v) is 3.65.